The normalized spacial score (nSPS) is 13.3. The molecule has 0 saturated heterocycles. The highest BCUT2D eigenvalue weighted by atomic mass is 16.5. The van der Waals surface area contributed by atoms with Crippen molar-refractivity contribution < 1.29 is 34.4 Å². The number of hydrogen-bond acceptors (Lipinski definition) is 6. The summed E-state index contributed by atoms with van der Waals surface area (Å²) in [6, 6.07) is 2.36. The maximum Gasteiger partial charge on any atom is 0.335 e. The summed E-state index contributed by atoms with van der Waals surface area (Å²) in [5.41, 5.74) is 4.90. The van der Waals surface area contributed by atoms with Gasteiger partial charge in [-0.2, -0.15) is 0 Å². The third-order valence-corrected chi connectivity index (χ3v) is 2.86. The molecule has 21 heavy (non-hydrogen) atoms. The molecule has 1 amide bonds. The highest BCUT2D eigenvalue weighted by molar-refractivity contribution is 5.89. The van der Waals surface area contributed by atoms with Gasteiger partial charge in [-0.05, 0) is 12.1 Å². The fraction of sp³-hybridized carbons (Fsp3) is 0.385. The lowest BCUT2D eigenvalue weighted by Gasteiger charge is -2.22. The number of nitrogens with two attached hydrogens (primary N) is 1. The van der Waals surface area contributed by atoms with Gasteiger partial charge in [0.15, 0.2) is 0 Å². The summed E-state index contributed by atoms with van der Waals surface area (Å²) in [7, 11) is 2.55. The second kappa shape index (κ2) is 6.91. The highest BCUT2D eigenvalue weighted by Crippen LogP contribution is 2.37. The van der Waals surface area contributed by atoms with Crippen LogP contribution in [0.5, 0.6) is 11.5 Å². The Kier molecular flexibility index (Phi) is 5.51. The summed E-state index contributed by atoms with van der Waals surface area (Å²) in [6.07, 6.45) is -3.46. The van der Waals surface area contributed by atoms with E-state index >= 15 is 0 Å². The molecule has 5 N–H and O–H groups in total. The molecule has 1 aromatic carbocycles. The van der Waals surface area contributed by atoms with Crippen molar-refractivity contribution in [1.29, 1.82) is 0 Å². The Morgan fingerprint density at radius 2 is 1.67 bits per heavy atom. The lowest BCUT2D eigenvalue weighted by molar-refractivity contribution is -0.121. The molecule has 0 aliphatic heterocycles. The zero-order valence-corrected chi connectivity index (χ0v) is 11.6. The number of carboxylic acid groups (broad SMARTS) is 1. The molecule has 8 heteroatoms. The first-order valence-corrected chi connectivity index (χ1v) is 5.95. The second-order valence-corrected chi connectivity index (χ2v) is 4.28. The Hall–Kier alpha value is -2.32. The Labute approximate surface area is 120 Å². The largest absolute Gasteiger partial charge is 0.496 e. The molecular formula is C13H17NO7. The van der Waals surface area contributed by atoms with Gasteiger partial charge in [0.2, 0.25) is 5.91 Å². The summed E-state index contributed by atoms with van der Waals surface area (Å²) in [6.45, 7) is 0. The molecule has 0 saturated carbocycles. The molecule has 2 unspecified atom stereocenters. The van der Waals surface area contributed by atoms with Gasteiger partial charge in [0.05, 0.1) is 37.9 Å². The van der Waals surface area contributed by atoms with Crippen LogP contribution in [0.25, 0.3) is 0 Å². The molecule has 1 rings (SSSR count). The fourth-order valence-corrected chi connectivity index (χ4v) is 1.86. The number of primary amides is 1. The zero-order valence-electron chi connectivity index (χ0n) is 11.6. The molecule has 8 nitrogen and oxygen atoms in total. The van der Waals surface area contributed by atoms with Crippen LogP contribution < -0.4 is 15.2 Å². The predicted molar refractivity (Wildman–Crippen MR) is 71.3 cm³/mol. The summed E-state index contributed by atoms with van der Waals surface area (Å²) in [5, 5.41) is 28.9. The minimum absolute atomic E-state index is 0.0165. The van der Waals surface area contributed by atoms with E-state index in [1.807, 2.05) is 0 Å². The van der Waals surface area contributed by atoms with Gasteiger partial charge in [-0.15, -0.1) is 0 Å². The van der Waals surface area contributed by atoms with Crippen LogP contribution >= 0.6 is 0 Å². The Morgan fingerprint density at radius 3 is 2.00 bits per heavy atom. The van der Waals surface area contributed by atoms with Gasteiger partial charge < -0.3 is 30.5 Å². The van der Waals surface area contributed by atoms with Gasteiger partial charge in [0.25, 0.3) is 0 Å². The van der Waals surface area contributed by atoms with E-state index in [-0.39, 0.29) is 22.6 Å². The van der Waals surface area contributed by atoms with Crippen molar-refractivity contribution in [3.05, 3.63) is 23.3 Å². The van der Waals surface area contributed by atoms with Gasteiger partial charge >= 0.3 is 5.97 Å². The van der Waals surface area contributed by atoms with Crippen molar-refractivity contribution in [1.82, 2.24) is 0 Å². The first kappa shape index (κ1) is 16.7. The number of hydrogen-bond donors (Lipinski definition) is 4. The van der Waals surface area contributed by atoms with E-state index in [4.69, 9.17) is 20.3 Å². The van der Waals surface area contributed by atoms with Gasteiger partial charge in [0.1, 0.15) is 17.6 Å². The van der Waals surface area contributed by atoms with E-state index in [1.165, 1.54) is 26.4 Å². The van der Waals surface area contributed by atoms with Crippen LogP contribution in [-0.2, 0) is 4.79 Å². The van der Waals surface area contributed by atoms with Gasteiger partial charge in [-0.25, -0.2) is 4.79 Å². The standard InChI is InChI=1S/C13H17NO7/c1-20-8-3-6(13(18)19)4-9(21-2)11(8)12(17)7(15)5-10(14)16/h3-4,7,12,15,17H,5H2,1-2H3,(H2,14,16)(H,18,19). The number of carbonyl (C=O) groups excluding carboxylic acids is 1. The van der Waals surface area contributed by atoms with E-state index in [2.05, 4.69) is 0 Å². The van der Waals surface area contributed by atoms with Crippen LogP contribution in [0.1, 0.15) is 28.4 Å². The molecule has 0 fully saturated rings. The molecule has 0 bridgehead atoms. The predicted octanol–water partition coefficient (Wildman–Crippen LogP) is -0.328. The average Bonchev–Trinajstić information content (AvgIpc) is 2.43. The lowest BCUT2D eigenvalue weighted by Crippen LogP contribution is -2.26. The minimum Gasteiger partial charge on any atom is -0.496 e. The van der Waals surface area contributed by atoms with E-state index in [9.17, 15) is 19.8 Å². The summed E-state index contributed by atoms with van der Waals surface area (Å²) in [5.74, 6) is -1.96. The minimum atomic E-state index is -1.52. The number of rotatable bonds is 7. The van der Waals surface area contributed by atoms with E-state index in [0.717, 1.165) is 0 Å². The molecular weight excluding hydrogens is 282 g/mol. The number of aromatic carboxylic acids is 1. The molecule has 0 aromatic heterocycles. The highest BCUT2D eigenvalue weighted by Gasteiger charge is 2.28. The summed E-state index contributed by atoms with van der Waals surface area (Å²) >= 11 is 0. The molecule has 0 heterocycles. The number of carboxylic acids is 1. The van der Waals surface area contributed by atoms with Crippen LogP contribution in [0.15, 0.2) is 12.1 Å². The second-order valence-electron chi connectivity index (χ2n) is 4.28. The first-order valence-electron chi connectivity index (χ1n) is 5.95. The molecule has 0 aliphatic carbocycles. The van der Waals surface area contributed by atoms with Gasteiger partial charge in [-0.3, -0.25) is 4.79 Å². The Balaban J connectivity index is 3.32. The SMILES string of the molecule is COc1cc(C(=O)O)cc(OC)c1C(O)C(O)CC(N)=O. The average molecular weight is 299 g/mol. The van der Waals surface area contributed by atoms with Crippen LogP contribution in [0, 0.1) is 0 Å². The van der Waals surface area contributed by atoms with Crippen molar-refractivity contribution in [2.24, 2.45) is 5.73 Å². The third kappa shape index (κ3) is 3.83. The number of benzene rings is 1. The maximum absolute atomic E-state index is 11.0. The van der Waals surface area contributed by atoms with Crippen molar-refractivity contribution in [3.8, 4) is 11.5 Å². The summed E-state index contributed by atoms with van der Waals surface area (Å²) in [4.78, 5) is 21.8. The molecule has 0 aliphatic rings. The van der Waals surface area contributed by atoms with E-state index < -0.39 is 30.5 Å². The van der Waals surface area contributed by atoms with Gasteiger partial charge in [0, 0.05) is 0 Å². The number of amides is 1. The number of carbonyl (C=O) groups is 2. The lowest BCUT2D eigenvalue weighted by atomic mass is 9.98. The zero-order chi connectivity index (χ0) is 16.2. The molecule has 2 atom stereocenters. The molecule has 0 spiro atoms. The quantitative estimate of drug-likeness (QED) is 0.540. The van der Waals surface area contributed by atoms with Gasteiger partial charge in [-0.1, -0.05) is 0 Å². The molecule has 1 aromatic rings. The van der Waals surface area contributed by atoms with Crippen molar-refractivity contribution in [2.75, 3.05) is 14.2 Å². The van der Waals surface area contributed by atoms with Crippen LogP contribution in [-0.4, -0.2) is 47.5 Å². The van der Waals surface area contributed by atoms with Crippen molar-refractivity contribution in [3.63, 3.8) is 0 Å². The first-order chi connectivity index (χ1) is 9.81. The maximum atomic E-state index is 11.0. The van der Waals surface area contributed by atoms with E-state index in [1.54, 1.807) is 0 Å². The van der Waals surface area contributed by atoms with Crippen LogP contribution in [0.3, 0.4) is 0 Å². The third-order valence-electron chi connectivity index (χ3n) is 2.86. The van der Waals surface area contributed by atoms with Crippen molar-refractivity contribution >= 4 is 11.9 Å². The number of methoxy groups -OCH3 is 2. The van der Waals surface area contributed by atoms with Crippen LogP contribution in [0.2, 0.25) is 0 Å². The summed E-state index contributed by atoms with van der Waals surface area (Å²) < 4.78 is 10.0. The molecule has 116 valence electrons. The van der Waals surface area contributed by atoms with Crippen LogP contribution in [0.4, 0.5) is 0 Å². The fourth-order valence-electron chi connectivity index (χ4n) is 1.86. The number of aliphatic hydroxyl groups excluding tert-OH is 2. The monoisotopic (exact) mass is 299 g/mol. The Bertz CT molecular complexity index is 518. The smallest absolute Gasteiger partial charge is 0.335 e. The van der Waals surface area contributed by atoms with Crippen molar-refractivity contribution in [2.45, 2.75) is 18.6 Å². The Morgan fingerprint density at radius 1 is 1.19 bits per heavy atom. The van der Waals surface area contributed by atoms with E-state index in [0.29, 0.717) is 0 Å². The topological polar surface area (TPSA) is 139 Å². The molecule has 0 radical (unpaired) electrons. The number of aliphatic hydroxyl groups is 2. The number of ether oxygens (including phenoxy) is 2.